The van der Waals surface area contributed by atoms with Crippen LogP contribution in [0.3, 0.4) is 0 Å². The van der Waals surface area contributed by atoms with Crippen molar-refractivity contribution >= 4 is 33.9 Å². The number of aromatic nitrogens is 1. The Morgan fingerprint density at radius 2 is 1.97 bits per heavy atom. The SMILES string of the molecule is CCC(=Nc1ccc(N2CC3CC(C2)N3C)cc1)c1c(O)[nH]c2ccc(C(=O)NC[C@H]3CCCO3)cc12. The molecule has 5 heterocycles. The number of aromatic hydroxyl groups is 1. The Hall–Kier alpha value is -3.36. The van der Waals surface area contributed by atoms with Gasteiger partial charge in [-0.25, -0.2) is 0 Å². The first-order chi connectivity index (χ1) is 18.0. The minimum absolute atomic E-state index is 0.0702. The van der Waals surface area contributed by atoms with Crippen LogP contribution in [-0.4, -0.2) is 78.1 Å². The Balaban J connectivity index is 1.23. The Kier molecular flexibility index (Phi) is 6.38. The molecule has 37 heavy (non-hydrogen) atoms. The van der Waals surface area contributed by atoms with Gasteiger partial charge in [-0.3, -0.25) is 14.7 Å². The van der Waals surface area contributed by atoms with E-state index in [-0.39, 0.29) is 17.9 Å². The van der Waals surface area contributed by atoms with Crippen molar-refractivity contribution in [2.24, 2.45) is 4.99 Å². The quantitative estimate of drug-likeness (QED) is 0.422. The molecule has 2 unspecified atom stereocenters. The van der Waals surface area contributed by atoms with E-state index in [4.69, 9.17) is 9.73 Å². The summed E-state index contributed by atoms with van der Waals surface area (Å²) in [6.45, 7) is 5.44. The van der Waals surface area contributed by atoms with E-state index in [1.807, 2.05) is 31.2 Å². The number of hydrogen-bond acceptors (Lipinski definition) is 6. The summed E-state index contributed by atoms with van der Waals surface area (Å²) >= 11 is 0. The molecule has 2 aromatic carbocycles. The van der Waals surface area contributed by atoms with Gasteiger partial charge in [-0.1, -0.05) is 6.92 Å². The maximum absolute atomic E-state index is 12.8. The molecule has 3 aromatic rings. The number of carbonyl (C=O) groups excluding carboxylic acids is 1. The highest BCUT2D eigenvalue weighted by atomic mass is 16.5. The fourth-order valence-corrected chi connectivity index (χ4v) is 5.94. The molecule has 3 N–H and O–H groups in total. The van der Waals surface area contributed by atoms with Gasteiger partial charge in [0.1, 0.15) is 0 Å². The number of piperazine rings is 1. The highest BCUT2D eigenvalue weighted by Gasteiger charge is 2.42. The fraction of sp³-hybridized carbons (Fsp3) is 0.448. The molecular weight excluding hydrogens is 466 g/mol. The second-order valence-electron chi connectivity index (χ2n) is 10.5. The van der Waals surface area contributed by atoms with E-state index in [2.05, 4.69) is 39.3 Å². The van der Waals surface area contributed by atoms with Gasteiger partial charge in [0.2, 0.25) is 0 Å². The number of hydrogen-bond donors (Lipinski definition) is 3. The summed E-state index contributed by atoms with van der Waals surface area (Å²) in [5, 5.41) is 14.6. The summed E-state index contributed by atoms with van der Waals surface area (Å²) in [5.74, 6) is -0.0723. The van der Waals surface area contributed by atoms with E-state index in [9.17, 15) is 9.90 Å². The maximum atomic E-state index is 12.8. The molecule has 2 bridgehead atoms. The van der Waals surface area contributed by atoms with Crippen LogP contribution < -0.4 is 10.2 Å². The monoisotopic (exact) mass is 501 g/mol. The highest BCUT2D eigenvalue weighted by Crippen LogP contribution is 2.34. The van der Waals surface area contributed by atoms with E-state index in [1.54, 1.807) is 6.07 Å². The largest absolute Gasteiger partial charge is 0.494 e. The van der Waals surface area contributed by atoms with Crippen molar-refractivity contribution < 1.29 is 14.6 Å². The van der Waals surface area contributed by atoms with Crippen LogP contribution in [0.5, 0.6) is 5.88 Å². The number of ether oxygens (including phenoxy) is 1. The van der Waals surface area contributed by atoms with Gasteiger partial charge in [-0.15, -0.1) is 0 Å². The van der Waals surface area contributed by atoms with Crippen LogP contribution in [0.25, 0.3) is 10.9 Å². The molecule has 4 fully saturated rings. The van der Waals surface area contributed by atoms with Crippen molar-refractivity contribution in [2.45, 2.75) is 50.8 Å². The summed E-state index contributed by atoms with van der Waals surface area (Å²) in [6.07, 6.45) is 4.05. The lowest BCUT2D eigenvalue weighted by Gasteiger charge is -2.55. The molecule has 4 aliphatic heterocycles. The molecule has 1 amide bonds. The molecule has 3 atom stereocenters. The first-order valence-corrected chi connectivity index (χ1v) is 13.4. The summed E-state index contributed by atoms with van der Waals surface area (Å²) in [4.78, 5) is 25.7. The molecule has 8 nitrogen and oxygen atoms in total. The Morgan fingerprint density at radius 1 is 1.19 bits per heavy atom. The number of anilines is 1. The van der Waals surface area contributed by atoms with Crippen molar-refractivity contribution in [3.05, 3.63) is 53.6 Å². The molecule has 0 spiro atoms. The smallest absolute Gasteiger partial charge is 0.251 e. The number of carbonyl (C=O) groups is 1. The zero-order chi connectivity index (χ0) is 25.5. The molecule has 194 valence electrons. The lowest BCUT2D eigenvalue weighted by Crippen LogP contribution is -2.67. The highest BCUT2D eigenvalue weighted by molar-refractivity contribution is 6.14. The van der Waals surface area contributed by atoms with Gasteiger partial charge in [-0.05, 0) is 75.2 Å². The molecule has 0 saturated carbocycles. The maximum Gasteiger partial charge on any atom is 0.251 e. The molecule has 4 aliphatic rings. The normalized spacial score (nSPS) is 23.9. The predicted molar refractivity (Wildman–Crippen MR) is 146 cm³/mol. The van der Waals surface area contributed by atoms with Crippen molar-refractivity contribution in [3.63, 3.8) is 0 Å². The second kappa shape index (κ2) is 9.84. The van der Waals surface area contributed by atoms with Crippen LogP contribution in [0.2, 0.25) is 0 Å². The van der Waals surface area contributed by atoms with E-state index < -0.39 is 0 Å². The topological polar surface area (TPSA) is 93.2 Å². The molecule has 8 heteroatoms. The summed E-state index contributed by atoms with van der Waals surface area (Å²) in [7, 11) is 2.22. The zero-order valence-corrected chi connectivity index (χ0v) is 21.5. The fourth-order valence-electron chi connectivity index (χ4n) is 5.94. The van der Waals surface area contributed by atoms with Crippen molar-refractivity contribution in [2.75, 3.05) is 38.2 Å². The average Bonchev–Trinajstić information content (AvgIpc) is 3.57. The first-order valence-electron chi connectivity index (χ1n) is 13.4. The number of fused-ring (bicyclic) bond motifs is 3. The van der Waals surface area contributed by atoms with Crippen LogP contribution in [0, 0.1) is 0 Å². The van der Waals surface area contributed by atoms with Crippen LogP contribution in [0.1, 0.15) is 48.5 Å². The Morgan fingerprint density at radius 3 is 2.65 bits per heavy atom. The van der Waals surface area contributed by atoms with Gasteiger partial charge in [0.15, 0.2) is 5.88 Å². The van der Waals surface area contributed by atoms with Gasteiger partial charge in [0.25, 0.3) is 5.91 Å². The number of benzene rings is 2. The summed E-state index contributed by atoms with van der Waals surface area (Å²) in [5.41, 5.74) is 4.82. The number of nitrogens with one attached hydrogen (secondary N) is 2. The molecular formula is C29H35N5O3. The number of aliphatic imine (C=N–C) groups is 1. The van der Waals surface area contributed by atoms with Crippen LogP contribution in [0.15, 0.2) is 47.5 Å². The molecule has 0 radical (unpaired) electrons. The minimum atomic E-state index is -0.142. The van der Waals surface area contributed by atoms with Crippen LogP contribution >= 0.6 is 0 Å². The van der Waals surface area contributed by atoms with Gasteiger partial charge < -0.3 is 25.0 Å². The number of likely N-dealkylation sites (N-methyl/N-ethyl adjacent to an activating group) is 1. The standard InChI is InChI=1S/C29H35N5O3/c1-3-25(31-19-7-9-20(10-8-19)34-16-21-14-22(17-34)33(21)2)27-24-13-18(6-11-26(24)32-29(27)36)28(35)30-15-23-5-4-12-37-23/h6-11,13,21-23,32,36H,3-5,12,14-17H2,1-2H3,(H,30,35)/t21?,22?,23-/m1/s1. The van der Waals surface area contributed by atoms with E-state index in [1.165, 1.54) is 12.1 Å². The number of amides is 1. The first kappa shape index (κ1) is 24.0. The molecule has 0 aliphatic carbocycles. The lowest BCUT2D eigenvalue weighted by atomic mass is 9.88. The molecule has 7 rings (SSSR count). The predicted octanol–water partition coefficient (Wildman–Crippen LogP) is 4.21. The van der Waals surface area contributed by atoms with Gasteiger partial charge in [0.05, 0.1) is 23.1 Å². The van der Waals surface area contributed by atoms with E-state index in [0.29, 0.717) is 36.2 Å². The average molecular weight is 502 g/mol. The summed E-state index contributed by atoms with van der Waals surface area (Å²) < 4.78 is 5.61. The number of rotatable bonds is 7. The third-order valence-electron chi connectivity index (χ3n) is 8.22. The second-order valence-corrected chi connectivity index (χ2v) is 10.5. The van der Waals surface area contributed by atoms with Gasteiger partial charge in [0, 0.05) is 60.5 Å². The number of nitrogens with zero attached hydrogens (tertiary/aromatic N) is 3. The lowest BCUT2D eigenvalue weighted by molar-refractivity contribution is 0.0264. The Labute approximate surface area is 217 Å². The third kappa shape index (κ3) is 4.60. The zero-order valence-electron chi connectivity index (χ0n) is 21.5. The van der Waals surface area contributed by atoms with Gasteiger partial charge >= 0.3 is 0 Å². The molecule has 4 saturated heterocycles. The minimum Gasteiger partial charge on any atom is -0.494 e. The van der Waals surface area contributed by atoms with Gasteiger partial charge in [-0.2, -0.15) is 0 Å². The Bertz CT molecular complexity index is 1310. The van der Waals surface area contributed by atoms with E-state index >= 15 is 0 Å². The van der Waals surface area contributed by atoms with E-state index in [0.717, 1.165) is 54.8 Å². The molecule has 1 aromatic heterocycles. The third-order valence-corrected chi connectivity index (χ3v) is 8.22. The number of aromatic amines is 1. The van der Waals surface area contributed by atoms with Crippen molar-refractivity contribution in [1.82, 2.24) is 15.2 Å². The van der Waals surface area contributed by atoms with Crippen LogP contribution in [0.4, 0.5) is 11.4 Å². The number of H-pyrrole nitrogens is 1. The van der Waals surface area contributed by atoms with Crippen molar-refractivity contribution in [1.29, 1.82) is 0 Å². The van der Waals surface area contributed by atoms with Crippen LogP contribution in [-0.2, 0) is 4.74 Å². The number of piperidine rings is 1. The van der Waals surface area contributed by atoms with Crippen molar-refractivity contribution in [3.8, 4) is 5.88 Å². The summed E-state index contributed by atoms with van der Waals surface area (Å²) in [6, 6.07) is 15.1.